The molecule has 0 saturated carbocycles. The van der Waals surface area contributed by atoms with Crippen molar-refractivity contribution in [3.05, 3.63) is 35.6 Å². The van der Waals surface area contributed by atoms with E-state index in [1.54, 1.807) is 0 Å². The topological polar surface area (TPSA) is 54.3 Å². The normalized spacial score (nSPS) is 11.2. The van der Waals surface area contributed by atoms with E-state index in [4.69, 9.17) is 4.42 Å². The van der Waals surface area contributed by atoms with Gasteiger partial charge in [0.1, 0.15) is 11.3 Å². The van der Waals surface area contributed by atoms with E-state index in [1.807, 2.05) is 18.2 Å². The van der Waals surface area contributed by atoms with E-state index >= 15 is 0 Å². The van der Waals surface area contributed by atoms with Crippen LogP contribution in [0, 0.1) is 5.92 Å². The fraction of sp³-hybridized carbons (Fsp3) is 0.471. The van der Waals surface area contributed by atoms with Gasteiger partial charge in [0.2, 0.25) is 5.91 Å². The minimum absolute atomic E-state index is 0.0366. The third kappa shape index (κ3) is 4.08. The van der Waals surface area contributed by atoms with Gasteiger partial charge in [-0.3, -0.25) is 4.79 Å². The van der Waals surface area contributed by atoms with Crippen molar-refractivity contribution in [2.45, 2.75) is 33.7 Å². The number of rotatable bonds is 7. The van der Waals surface area contributed by atoms with Crippen molar-refractivity contribution in [2.75, 3.05) is 13.1 Å². The molecule has 2 rings (SSSR count). The Labute approximate surface area is 125 Å². The molecular weight excluding hydrogens is 264 g/mol. The van der Waals surface area contributed by atoms with Crippen LogP contribution in [0.2, 0.25) is 0 Å². The fourth-order valence-electron chi connectivity index (χ4n) is 2.31. The van der Waals surface area contributed by atoms with E-state index < -0.39 is 0 Å². The maximum Gasteiger partial charge on any atom is 0.233 e. The van der Waals surface area contributed by atoms with E-state index in [0.29, 0.717) is 19.0 Å². The molecule has 0 spiro atoms. The summed E-state index contributed by atoms with van der Waals surface area (Å²) in [5.41, 5.74) is 2.07. The van der Waals surface area contributed by atoms with Gasteiger partial charge in [-0.1, -0.05) is 39.0 Å². The van der Waals surface area contributed by atoms with Gasteiger partial charge >= 0.3 is 0 Å². The van der Waals surface area contributed by atoms with Crippen LogP contribution in [0.4, 0.5) is 0 Å². The van der Waals surface area contributed by atoms with Crippen molar-refractivity contribution < 1.29 is 9.21 Å². The lowest BCUT2D eigenvalue weighted by molar-refractivity contribution is -0.120. The number of hydrogen-bond acceptors (Lipinski definition) is 3. The summed E-state index contributed by atoms with van der Waals surface area (Å²) in [7, 11) is 0. The predicted octanol–water partition coefficient (Wildman–Crippen LogP) is 2.86. The Balaban J connectivity index is 1.95. The first-order valence-electron chi connectivity index (χ1n) is 7.58. The first kappa shape index (κ1) is 15.6. The quantitative estimate of drug-likeness (QED) is 0.823. The van der Waals surface area contributed by atoms with Crippen LogP contribution in [0.5, 0.6) is 0 Å². The van der Waals surface area contributed by atoms with Crippen LogP contribution in [0.25, 0.3) is 11.0 Å². The zero-order valence-corrected chi connectivity index (χ0v) is 13.0. The van der Waals surface area contributed by atoms with Crippen LogP contribution in [0.15, 0.2) is 28.7 Å². The Morgan fingerprint density at radius 2 is 2.05 bits per heavy atom. The lowest BCUT2D eigenvalue weighted by Crippen LogP contribution is -2.35. The largest absolute Gasteiger partial charge is 0.461 e. The van der Waals surface area contributed by atoms with E-state index in [1.165, 1.54) is 0 Å². The van der Waals surface area contributed by atoms with Gasteiger partial charge in [-0.2, -0.15) is 0 Å². The van der Waals surface area contributed by atoms with Crippen LogP contribution >= 0.6 is 0 Å². The molecule has 0 aliphatic heterocycles. The SMILES string of the molecule is CCc1oc2ccccc2c1CNCC(=O)NCC(C)C. The standard InChI is InChI=1S/C17H24N2O2/c1-4-15-14(13-7-5-6-8-16(13)21-15)10-18-11-17(20)19-9-12(2)3/h5-8,12,18H,4,9-11H2,1-3H3,(H,19,20). The number of aryl methyl sites for hydroxylation is 1. The smallest absolute Gasteiger partial charge is 0.233 e. The maximum atomic E-state index is 11.7. The molecular formula is C17H24N2O2. The molecule has 1 heterocycles. The molecule has 1 aromatic heterocycles. The van der Waals surface area contributed by atoms with Gasteiger partial charge in [0.05, 0.1) is 6.54 Å². The molecule has 114 valence electrons. The highest BCUT2D eigenvalue weighted by atomic mass is 16.3. The van der Waals surface area contributed by atoms with Crippen LogP contribution in [0.1, 0.15) is 32.1 Å². The summed E-state index contributed by atoms with van der Waals surface area (Å²) in [5.74, 6) is 1.50. The first-order valence-corrected chi connectivity index (χ1v) is 7.58. The van der Waals surface area contributed by atoms with Crippen molar-refractivity contribution in [1.82, 2.24) is 10.6 Å². The summed E-state index contributed by atoms with van der Waals surface area (Å²) in [6, 6.07) is 8.03. The number of amides is 1. The minimum Gasteiger partial charge on any atom is -0.461 e. The molecule has 2 aromatic rings. The molecule has 0 atom stereocenters. The Morgan fingerprint density at radius 1 is 1.29 bits per heavy atom. The van der Waals surface area contributed by atoms with Gasteiger partial charge in [-0.05, 0) is 12.0 Å². The number of para-hydroxylation sites is 1. The third-order valence-electron chi connectivity index (χ3n) is 3.40. The van der Waals surface area contributed by atoms with E-state index in [9.17, 15) is 4.79 Å². The molecule has 4 nitrogen and oxygen atoms in total. The number of hydrogen-bond donors (Lipinski definition) is 2. The molecule has 0 unspecified atom stereocenters. The monoisotopic (exact) mass is 288 g/mol. The van der Waals surface area contributed by atoms with Crippen LogP contribution in [0.3, 0.4) is 0 Å². The van der Waals surface area contributed by atoms with Crippen LogP contribution < -0.4 is 10.6 Å². The molecule has 0 aliphatic carbocycles. The van der Waals surface area contributed by atoms with Gasteiger partial charge in [0.15, 0.2) is 0 Å². The second-order valence-corrected chi connectivity index (χ2v) is 5.65. The third-order valence-corrected chi connectivity index (χ3v) is 3.40. The van der Waals surface area contributed by atoms with Gasteiger partial charge in [0.25, 0.3) is 0 Å². The number of nitrogens with one attached hydrogen (secondary N) is 2. The number of furan rings is 1. The summed E-state index contributed by atoms with van der Waals surface area (Å²) in [5, 5.41) is 7.24. The molecule has 0 radical (unpaired) electrons. The summed E-state index contributed by atoms with van der Waals surface area (Å²) >= 11 is 0. The lowest BCUT2D eigenvalue weighted by Gasteiger charge is -2.08. The van der Waals surface area contributed by atoms with Crippen LogP contribution in [-0.2, 0) is 17.8 Å². The summed E-state index contributed by atoms with van der Waals surface area (Å²) in [6.45, 7) is 7.94. The highest BCUT2D eigenvalue weighted by Crippen LogP contribution is 2.25. The molecule has 21 heavy (non-hydrogen) atoms. The van der Waals surface area contributed by atoms with Gasteiger partial charge < -0.3 is 15.1 Å². The molecule has 4 heteroatoms. The highest BCUT2D eigenvalue weighted by molar-refractivity contribution is 5.82. The van der Waals surface area contributed by atoms with Gasteiger partial charge in [-0.15, -0.1) is 0 Å². The molecule has 0 aliphatic rings. The first-order chi connectivity index (χ1) is 10.1. The number of benzene rings is 1. The molecule has 0 saturated heterocycles. The van der Waals surface area contributed by atoms with Gasteiger partial charge in [-0.25, -0.2) is 0 Å². The molecule has 2 N–H and O–H groups in total. The van der Waals surface area contributed by atoms with Crippen molar-refractivity contribution in [3.63, 3.8) is 0 Å². The molecule has 0 bridgehead atoms. The average Bonchev–Trinajstić information content (AvgIpc) is 2.83. The summed E-state index contributed by atoms with van der Waals surface area (Å²) in [4.78, 5) is 11.7. The number of fused-ring (bicyclic) bond motifs is 1. The summed E-state index contributed by atoms with van der Waals surface area (Å²) < 4.78 is 5.84. The number of carbonyl (C=O) groups is 1. The average molecular weight is 288 g/mol. The van der Waals surface area contributed by atoms with Gasteiger partial charge in [0, 0.05) is 30.5 Å². The highest BCUT2D eigenvalue weighted by Gasteiger charge is 2.12. The predicted molar refractivity (Wildman–Crippen MR) is 85.1 cm³/mol. The molecule has 1 amide bonds. The maximum absolute atomic E-state index is 11.7. The second kappa shape index (κ2) is 7.27. The Morgan fingerprint density at radius 3 is 2.76 bits per heavy atom. The lowest BCUT2D eigenvalue weighted by atomic mass is 10.1. The van der Waals surface area contributed by atoms with Crippen molar-refractivity contribution in [1.29, 1.82) is 0 Å². The van der Waals surface area contributed by atoms with Crippen molar-refractivity contribution in [3.8, 4) is 0 Å². The Kier molecular flexibility index (Phi) is 5.39. The van der Waals surface area contributed by atoms with E-state index in [2.05, 4.69) is 37.5 Å². The molecule has 0 fully saturated rings. The second-order valence-electron chi connectivity index (χ2n) is 5.65. The number of carbonyl (C=O) groups excluding carboxylic acids is 1. The fourth-order valence-corrected chi connectivity index (χ4v) is 2.31. The van der Waals surface area contributed by atoms with Crippen molar-refractivity contribution >= 4 is 16.9 Å². The Bertz CT molecular complexity index is 602. The minimum atomic E-state index is 0.0366. The van der Waals surface area contributed by atoms with Crippen molar-refractivity contribution in [2.24, 2.45) is 5.92 Å². The van der Waals surface area contributed by atoms with Crippen LogP contribution in [-0.4, -0.2) is 19.0 Å². The van der Waals surface area contributed by atoms with E-state index in [-0.39, 0.29) is 5.91 Å². The molecule has 1 aromatic carbocycles. The summed E-state index contributed by atoms with van der Waals surface area (Å²) in [6.07, 6.45) is 0.852. The Hall–Kier alpha value is -1.81. The van der Waals surface area contributed by atoms with E-state index in [0.717, 1.165) is 35.3 Å². The zero-order chi connectivity index (χ0) is 15.2. The zero-order valence-electron chi connectivity index (χ0n) is 13.0.